The highest BCUT2D eigenvalue weighted by Gasteiger charge is 2.11. The summed E-state index contributed by atoms with van der Waals surface area (Å²) in [4.78, 5) is 23.7. The van der Waals surface area contributed by atoms with Crippen LogP contribution >= 0.6 is 0 Å². The van der Waals surface area contributed by atoms with E-state index in [9.17, 15) is 14.0 Å². The molecule has 0 spiro atoms. The van der Waals surface area contributed by atoms with Gasteiger partial charge in [-0.05, 0) is 24.3 Å². The summed E-state index contributed by atoms with van der Waals surface area (Å²) in [7, 11) is 0. The van der Waals surface area contributed by atoms with Gasteiger partial charge in [0.25, 0.3) is 11.8 Å². The Hall–Kier alpha value is -3.61. The van der Waals surface area contributed by atoms with Crippen molar-refractivity contribution >= 4 is 28.9 Å². The van der Waals surface area contributed by atoms with E-state index in [1.807, 2.05) is 31.2 Å². The van der Waals surface area contributed by atoms with Crippen LogP contribution in [0.3, 0.4) is 0 Å². The second-order valence-corrected chi connectivity index (χ2v) is 5.88. The predicted molar refractivity (Wildman–Crippen MR) is 103 cm³/mol. The molecular weight excluding hydrogens is 363 g/mol. The number of rotatable bonds is 6. The molecule has 0 atom stereocenters. The smallest absolute Gasteiger partial charge is 0.276 e. The molecule has 7 heteroatoms. The number of nitrogens with one attached hydrogen (secondary N) is 2. The number of fused-ring (bicyclic) bond motifs is 1. The molecule has 0 aliphatic heterocycles. The number of ether oxygens (including phenoxy) is 1. The Balaban J connectivity index is 1.54. The molecule has 2 aromatic carbocycles. The van der Waals surface area contributed by atoms with Gasteiger partial charge >= 0.3 is 0 Å². The van der Waals surface area contributed by atoms with E-state index in [1.54, 1.807) is 12.1 Å². The maximum Gasteiger partial charge on any atom is 0.276 e. The summed E-state index contributed by atoms with van der Waals surface area (Å²) in [6, 6.07) is 13.3. The van der Waals surface area contributed by atoms with Crippen LogP contribution in [-0.4, -0.2) is 18.4 Å². The van der Waals surface area contributed by atoms with Gasteiger partial charge in [0.05, 0.1) is 0 Å². The van der Waals surface area contributed by atoms with E-state index in [0.717, 1.165) is 22.3 Å². The van der Waals surface area contributed by atoms with Gasteiger partial charge in [-0.2, -0.15) is 0 Å². The van der Waals surface area contributed by atoms with E-state index >= 15 is 0 Å². The Kier molecular flexibility index (Phi) is 6.06. The van der Waals surface area contributed by atoms with E-state index in [4.69, 9.17) is 9.15 Å². The first-order valence-electron chi connectivity index (χ1n) is 8.73. The monoisotopic (exact) mass is 382 g/mol. The van der Waals surface area contributed by atoms with Crippen molar-refractivity contribution in [1.29, 1.82) is 0 Å². The minimum absolute atomic E-state index is 0.0391. The van der Waals surface area contributed by atoms with Crippen LogP contribution in [0, 0.1) is 5.82 Å². The third-order valence-electron chi connectivity index (χ3n) is 3.95. The average molecular weight is 382 g/mol. The van der Waals surface area contributed by atoms with E-state index in [1.165, 1.54) is 24.3 Å². The maximum absolute atomic E-state index is 13.4. The molecule has 6 nitrogen and oxygen atoms in total. The lowest BCUT2D eigenvalue weighted by atomic mass is 10.1. The highest BCUT2D eigenvalue weighted by molar-refractivity contribution is 5.97. The first-order valence-corrected chi connectivity index (χ1v) is 8.73. The fourth-order valence-electron chi connectivity index (χ4n) is 2.63. The van der Waals surface area contributed by atoms with Crippen molar-refractivity contribution in [3.8, 4) is 5.75 Å². The summed E-state index contributed by atoms with van der Waals surface area (Å²) in [6.45, 7) is 1.53. The van der Waals surface area contributed by atoms with Gasteiger partial charge in [0, 0.05) is 23.4 Å². The molecule has 0 radical (unpaired) electrons. The minimum Gasteiger partial charge on any atom is -0.481 e. The number of hydrazine groups is 1. The second-order valence-electron chi connectivity index (χ2n) is 5.88. The van der Waals surface area contributed by atoms with Crippen molar-refractivity contribution in [1.82, 2.24) is 10.9 Å². The molecule has 2 N–H and O–H groups in total. The van der Waals surface area contributed by atoms with Crippen LogP contribution < -0.4 is 15.6 Å². The Morgan fingerprint density at radius 2 is 1.86 bits per heavy atom. The van der Waals surface area contributed by atoms with Gasteiger partial charge in [0.15, 0.2) is 18.2 Å². The molecule has 0 unspecified atom stereocenters. The zero-order chi connectivity index (χ0) is 19.9. The summed E-state index contributed by atoms with van der Waals surface area (Å²) in [5.41, 5.74) is 6.03. The van der Waals surface area contributed by atoms with Crippen LogP contribution in [0.2, 0.25) is 0 Å². The van der Waals surface area contributed by atoms with Gasteiger partial charge in [-0.25, -0.2) is 4.39 Å². The Bertz CT molecular complexity index is 1030. The molecule has 0 saturated carbocycles. The summed E-state index contributed by atoms with van der Waals surface area (Å²) in [6.07, 6.45) is 3.62. The number of furan rings is 1. The lowest BCUT2D eigenvalue weighted by molar-refractivity contribution is -0.128. The molecular formula is C21H19FN2O4. The van der Waals surface area contributed by atoms with E-state index in [-0.39, 0.29) is 5.75 Å². The van der Waals surface area contributed by atoms with Crippen molar-refractivity contribution in [3.05, 3.63) is 71.7 Å². The lowest BCUT2D eigenvalue weighted by Crippen LogP contribution is -2.43. The highest BCUT2D eigenvalue weighted by atomic mass is 19.1. The maximum atomic E-state index is 13.4. The summed E-state index contributed by atoms with van der Waals surface area (Å²) in [5, 5.41) is 0.908. The van der Waals surface area contributed by atoms with Crippen molar-refractivity contribution < 1.29 is 23.1 Å². The normalized spacial score (nSPS) is 10.9. The largest absolute Gasteiger partial charge is 0.481 e. The van der Waals surface area contributed by atoms with E-state index in [2.05, 4.69) is 10.9 Å². The standard InChI is InChI=1S/C21H19FN2O4/c1-2-17-15(14-7-3-5-9-18(14)28-17)11-12-20(25)23-24-21(26)13-27-19-10-6-4-8-16(19)22/h3-12H,2,13H2,1H3,(H,23,25)(H,24,26)/b12-11+. The molecule has 0 bridgehead atoms. The zero-order valence-corrected chi connectivity index (χ0v) is 15.2. The quantitative estimate of drug-likeness (QED) is 0.506. The summed E-state index contributed by atoms with van der Waals surface area (Å²) in [5.74, 6) is -0.976. The highest BCUT2D eigenvalue weighted by Crippen LogP contribution is 2.27. The number of para-hydroxylation sites is 2. The van der Waals surface area contributed by atoms with Gasteiger partial charge < -0.3 is 9.15 Å². The lowest BCUT2D eigenvalue weighted by Gasteiger charge is -2.08. The molecule has 3 aromatic rings. The van der Waals surface area contributed by atoms with Gasteiger partial charge in [0.1, 0.15) is 11.3 Å². The number of halogens is 1. The first-order chi connectivity index (χ1) is 13.6. The topological polar surface area (TPSA) is 80.6 Å². The average Bonchev–Trinajstić information content (AvgIpc) is 3.07. The summed E-state index contributed by atoms with van der Waals surface area (Å²) >= 11 is 0. The van der Waals surface area contributed by atoms with Crippen molar-refractivity contribution in [2.45, 2.75) is 13.3 Å². The molecule has 1 heterocycles. The molecule has 0 aliphatic rings. The Morgan fingerprint density at radius 1 is 1.11 bits per heavy atom. The SMILES string of the molecule is CCc1oc2ccccc2c1/C=C/C(=O)NNC(=O)COc1ccccc1F. The molecule has 144 valence electrons. The molecule has 0 saturated heterocycles. The first kappa shape index (κ1) is 19.2. The predicted octanol–water partition coefficient (Wildman–Crippen LogP) is 3.37. The second kappa shape index (κ2) is 8.85. The van der Waals surface area contributed by atoms with Crippen molar-refractivity contribution in [3.63, 3.8) is 0 Å². The molecule has 3 rings (SSSR count). The van der Waals surface area contributed by atoms with Crippen LogP contribution in [0.1, 0.15) is 18.2 Å². The van der Waals surface area contributed by atoms with E-state index < -0.39 is 24.2 Å². The van der Waals surface area contributed by atoms with Gasteiger partial charge in [-0.1, -0.05) is 37.3 Å². The molecule has 28 heavy (non-hydrogen) atoms. The Morgan fingerprint density at radius 3 is 2.64 bits per heavy atom. The van der Waals surface area contributed by atoms with Crippen LogP contribution in [0.4, 0.5) is 4.39 Å². The number of hydrogen-bond donors (Lipinski definition) is 2. The number of benzene rings is 2. The van der Waals surface area contributed by atoms with Crippen molar-refractivity contribution in [2.24, 2.45) is 0 Å². The number of hydrogen-bond acceptors (Lipinski definition) is 4. The molecule has 1 aromatic heterocycles. The number of carbonyl (C=O) groups is 2. The fourth-order valence-corrected chi connectivity index (χ4v) is 2.63. The van der Waals surface area contributed by atoms with Crippen molar-refractivity contribution in [2.75, 3.05) is 6.61 Å². The van der Waals surface area contributed by atoms with Crippen LogP contribution in [0.15, 0.2) is 59.0 Å². The zero-order valence-electron chi connectivity index (χ0n) is 15.2. The van der Waals surface area contributed by atoms with Crippen LogP contribution in [0.5, 0.6) is 5.75 Å². The third kappa shape index (κ3) is 4.56. The Labute approximate surface area is 161 Å². The van der Waals surface area contributed by atoms with E-state index in [0.29, 0.717) is 6.42 Å². The van der Waals surface area contributed by atoms with Crippen LogP contribution in [-0.2, 0) is 16.0 Å². The van der Waals surface area contributed by atoms with Crippen LogP contribution in [0.25, 0.3) is 17.0 Å². The minimum atomic E-state index is -0.618. The summed E-state index contributed by atoms with van der Waals surface area (Å²) < 4.78 is 24.2. The fraction of sp³-hybridized carbons (Fsp3) is 0.143. The van der Waals surface area contributed by atoms with Gasteiger partial charge in [-0.15, -0.1) is 0 Å². The van der Waals surface area contributed by atoms with Gasteiger partial charge in [0.2, 0.25) is 0 Å². The number of amides is 2. The number of aryl methyl sites for hydroxylation is 1. The number of carbonyl (C=O) groups excluding carboxylic acids is 2. The molecule has 0 aliphatic carbocycles. The van der Waals surface area contributed by atoms with Gasteiger partial charge in [-0.3, -0.25) is 20.4 Å². The third-order valence-corrected chi connectivity index (χ3v) is 3.95. The molecule has 0 fully saturated rings. The molecule has 2 amide bonds.